The predicted molar refractivity (Wildman–Crippen MR) is 125 cm³/mol. The zero-order valence-electron chi connectivity index (χ0n) is 16.7. The van der Waals surface area contributed by atoms with Crippen molar-refractivity contribution in [1.29, 1.82) is 0 Å². The molecule has 6 nitrogen and oxygen atoms in total. The molecule has 0 heterocycles. The number of carbonyl (C=O) groups excluding carboxylic acids is 1. The molecule has 0 bridgehead atoms. The van der Waals surface area contributed by atoms with E-state index in [0.717, 1.165) is 10.6 Å². The van der Waals surface area contributed by atoms with Crippen LogP contribution in [0.4, 0.5) is 11.4 Å². The molecular formula is C22H20Cl2N2O4S. The zero-order valence-corrected chi connectivity index (χ0v) is 19.1. The fourth-order valence-electron chi connectivity index (χ4n) is 2.94. The first-order valence-electron chi connectivity index (χ1n) is 9.24. The second-order valence-corrected chi connectivity index (χ2v) is 9.40. The Hall–Kier alpha value is -2.74. The Labute approximate surface area is 191 Å². The van der Waals surface area contributed by atoms with Gasteiger partial charge in [-0.3, -0.25) is 9.10 Å². The van der Waals surface area contributed by atoms with Crippen molar-refractivity contribution in [2.45, 2.75) is 13.0 Å². The minimum absolute atomic E-state index is 0.225. The van der Waals surface area contributed by atoms with Crippen LogP contribution >= 0.6 is 23.2 Å². The van der Waals surface area contributed by atoms with E-state index >= 15 is 0 Å². The van der Waals surface area contributed by atoms with Crippen LogP contribution in [-0.2, 0) is 14.8 Å². The summed E-state index contributed by atoms with van der Waals surface area (Å²) in [4.78, 5) is 12.8. The highest BCUT2D eigenvalue weighted by Crippen LogP contribution is 2.31. The molecule has 31 heavy (non-hydrogen) atoms. The van der Waals surface area contributed by atoms with E-state index in [1.54, 1.807) is 42.5 Å². The van der Waals surface area contributed by atoms with Crippen LogP contribution in [0.3, 0.4) is 0 Å². The van der Waals surface area contributed by atoms with Crippen LogP contribution in [0.15, 0.2) is 72.8 Å². The lowest BCUT2D eigenvalue weighted by atomic mass is 10.2. The van der Waals surface area contributed by atoms with E-state index in [4.69, 9.17) is 27.9 Å². The Morgan fingerprint density at radius 1 is 0.903 bits per heavy atom. The number of hydrogen-bond acceptors (Lipinski definition) is 4. The first kappa shape index (κ1) is 22.9. The monoisotopic (exact) mass is 478 g/mol. The van der Waals surface area contributed by atoms with Crippen molar-refractivity contribution in [1.82, 2.24) is 0 Å². The number of ether oxygens (including phenoxy) is 1. The first-order chi connectivity index (χ1) is 14.7. The summed E-state index contributed by atoms with van der Waals surface area (Å²) in [6.07, 6.45) is 1.04. The van der Waals surface area contributed by atoms with Gasteiger partial charge in [-0.2, -0.15) is 0 Å². The number of hydrogen-bond donors (Lipinski definition) is 1. The molecule has 0 fully saturated rings. The molecule has 0 aliphatic carbocycles. The summed E-state index contributed by atoms with van der Waals surface area (Å²) >= 11 is 12.2. The minimum atomic E-state index is -3.78. The Bertz CT molecular complexity index is 1150. The van der Waals surface area contributed by atoms with Crippen LogP contribution in [0.5, 0.6) is 11.5 Å². The molecule has 0 aromatic heterocycles. The molecule has 0 aliphatic rings. The SMILES string of the molecule is C[C@H](C(=O)Nc1c(Cl)cccc1Cl)N(c1ccc(Oc2ccccc2)cc1)S(C)(=O)=O. The minimum Gasteiger partial charge on any atom is -0.457 e. The van der Waals surface area contributed by atoms with Crippen LogP contribution in [0.2, 0.25) is 10.0 Å². The molecule has 0 spiro atoms. The Morgan fingerprint density at radius 3 is 2.00 bits per heavy atom. The van der Waals surface area contributed by atoms with Crippen molar-refractivity contribution in [3.63, 3.8) is 0 Å². The second kappa shape index (κ2) is 9.60. The van der Waals surface area contributed by atoms with Gasteiger partial charge in [-0.15, -0.1) is 0 Å². The number of sulfonamides is 1. The quantitative estimate of drug-likeness (QED) is 0.480. The third-order valence-electron chi connectivity index (χ3n) is 4.37. The molecule has 1 atom stereocenters. The molecular weight excluding hydrogens is 459 g/mol. The Balaban J connectivity index is 1.84. The molecule has 0 aliphatic heterocycles. The highest BCUT2D eigenvalue weighted by atomic mass is 35.5. The van der Waals surface area contributed by atoms with Gasteiger partial charge in [0.25, 0.3) is 0 Å². The van der Waals surface area contributed by atoms with Crippen molar-refractivity contribution in [3.8, 4) is 11.5 Å². The van der Waals surface area contributed by atoms with E-state index in [0.29, 0.717) is 17.2 Å². The Morgan fingerprint density at radius 2 is 1.45 bits per heavy atom. The molecule has 3 aromatic rings. The van der Waals surface area contributed by atoms with Gasteiger partial charge >= 0.3 is 0 Å². The fraction of sp³-hybridized carbons (Fsp3) is 0.136. The molecule has 0 radical (unpaired) electrons. The van der Waals surface area contributed by atoms with E-state index in [2.05, 4.69) is 5.32 Å². The van der Waals surface area contributed by atoms with Gasteiger partial charge < -0.3 is 10.1 Å². The second-order valence-electron chi connectivity index (χ2n) is 6.73. The van der Waals surface area contributed by atoms with Gasteiger partial charge in [0.2, 0.25) is 15.9 Å². The smallest absolute Gasteiger partial charge is 0.248 e. The molecule has 0 saturated heterocycles. The molecule has 0 unspecified atom stereocenters. The maximum absolute atomic E-state index is 12.8. The maximum Gasteiger partial charge on any atom is 0.248 e. The van der Waals surface area contributed by atoms with E-state index in [-0.39, 0.29) is 15.7 Å². The number of benzene rings is 3. The lowest BCUT2D eigenvalue weighted by molar-refractivity contribution is -0.116. The van der Waals surface area contributed by atoms with E-state index in [1.165, 1.54) is 6.92 Å². The van der Waals surface area contributed by atoms with Crippen LogP contribution < -0.4 is 14.4 Å². The van der Waals surface area contributed by atoms with Gasteiger partial charge in [-0.05, 0) is 55.5 Å². The first-order valence-corrected chi connectivity index (χ1v) is 11.8. The summed E-state index contributed by atoms with van der Waals surface area (Å²) < 4.78 is 31.8. The number of nitrogens with zero attached hydrogens (tertiary/aromatic N) is 1. The molecule has 0 saturated carbocycles. The van der Waals surface area contributed by atoms with Gasteiger partial charge in [0, 0.05) is 0 Å². The standard InChI is InChI=1S/C22H20Cl2N2O4S/c1-15(22(27)25-21-19(23)9-6-10-20(21)24)26(31(2,28)29)16-11-13-18(14-12-16)30-17-7-4-3-5-8-17/h3-15H,1-2H3,(H,25,27)/t15-/m1/s1. The Kier molecular flexibility index (Phi) is 7.10. The molecule has 162 valence electrons. The van der Waals surface area contributed by atoms with Crippen molar-refractivity contribution in [2.75, 3.05) is 15.9 Å². The third kappa shape index (κ3) is 5.70. The predicted octanol–water partition coefficient (Wildman–Crippen LogP) is 5.58. The topological polar surface area (TPSA) is 75.7 Å². The average molecular weight is 479 g/mol. The molecule has 3 aromatic carbocycles. The van der Waals surface area contributed by atoms with Crippen molar-refractivity contribution in [2.24, 2.45) is 0 Å². The summed E-state index contributed by atoms with van der Waals surface area (Å²) in [5.41, 5.74) is 0.540. The van der Waals surface area contributed by atoms with Gasteiger partial charge in [0.05, 0.1) is 27.7 Å². The number of anilines is 2. The summed E-state index contributed by atoms with van der Waals surface area (Å²) in [6, 6.07) is 19.3. The molecule has 9 heteroatoms. The van der Waals surface area contributed by atoms with Crippen molar-refractivity contribution in [3.05, 3.63) is 82.8 Å². The number of nitrogens with one attached hydrogen (secondary N) is 1. The number of amides is 1. The summed E-state index contributed by atoms with van der Waals surface area (Å²) in [5.74, 6) is 0.605. The van der Waals surface area contributed by atoms with Gasteiger partial charge in [0.1, 0.15) is 17.5 Å². The van der Waals surface area contributed by atoms with E-state index in [1.807, 2.05) is 30.3 Å². The summed E-state index contributed by atoms with van der Waals surface area (Å²) in [6.45, 7) is 1.48. The summed E-state index contributed by atoms with van der Waals surface area (Å²) in [7, 11) is -3.78. The highest BCUT2D eigenvalue weighted by Gasteiger charge is 2.30. The largest absolute Gasteiger partial charge is 0.457 e. The van der Waals surface area contributed by atoms with Crippen LogP contribution in [0, 0.1) is 0 Å². The lowest BCUT2D eigenvalue weighted by Crippen LogP contribution is -2.45. The van der Waals surface area contributed by atoms with Gasteiger partial charge in [0.15, 0.2) is 0 Å². The third-order valence-corrected chi connectivity index (χ3v) is 6.24. The maximum atomic E-state index is 12.8. The van der Waals surface area contributed by atoms with Crippen molar-refractivity contribution < 1.29 is 17.9 Å². The van der Waals surface area contributed by atoms with Crippen molar-refractivity contribution >= 4 is 50.5 Å². The average Bonchev–Trinajstić information content (AvgIpc) is 2.72. The number of para-hydroxylation sites is 2. The zero-order chi connectivity index (χ0) is 22.6. The van der Waals surface area contributed by atoms with Crippen LogP contribution in [0.25, 0.3) is 0 Å². The van der Waals surface area contributed by atoms with Crippen LogP contribution in [-0.4, -0.2) is 26.6 Å². The van der Waals surface area contributed by atoms with Gasteiger partial charge in [-0.25, -0.2) is 8.42 Å². The number of rotatable bonds is 7. The highest BCUT2D eigenvalue weighted by molar-refractivity contribution is 7.92. The number of carbonyl (C=O) groups is 1. The van der Waals surface area contributed by atoms with E-state index in [9.17, 15) is 13.2 Å². The van der Waals surface area contributed by atoms with Crippen LogP contribution in [0.1, 0.15) is 6.92 Å². The van der Waals surface area contributed by atoms with Gasteiger partial charge in [-0.1, -0.05) is 47.5 Å². The van der Waals surface area contributed by atoms with E-state index < -0.39 is 22.0 Å². The number of halogens is 2. The summed E-state index contributed by atoms with van der Waals surface area (Å²) in [5, 5.41) is 3.11. The molecule has 1 amide bonds. The lowest BCUT2D eigenvalue weighted by Gasteiger charge is -2.28. The normalized spacial score (nSPS) is 12.1. The molecule has 3 rings (SSSR count). The fourth-order valence-corrected chi connectivity index (χ4v) is 4.61. The molecule has 1 N–H and O–H groups in total.